The Bertz CT molecular complexity index is 533. The Morgan fingerprint density at radius 2 is 2.20 bits per heavy atom. The number of carbonyl (C=O) groups excluding carboxylic acids is 1. The number of hydrogen-bond donors (Lipinski definition) is 2. The molecule has 0 aromatic heterocycles. The van der Waals surface area contributed by atoms with Crippen molar-refractivity contribution < 1.29 is 14.5 Å². The maximum atomic E-state index is 12.0. The van der Waals surface area contributed by atoms with E-state index in [0.29, 0.717) is 18.7 Å². The third-order valence-corrected chi connectivity index (χ3v) is 2.81. The van der Waals surface area contributed by atoms with Crippen molar-refractivity contribution in [1.29, 1.82) is 0 Å². The maximum Gasteiger partial charge on any atom is 0.273 e. The Morgan fingerprint density at radius 1 is 1.50 bits per heavy atom. The zero-order valence-electron chi connectivity index (χ0n) is 11.1. The van der Waals surface area contributed by atoms with Crippen LogP contribution in [0.2, 0.25) is 0 Å². The number of hydrogen-bond acceptors (Lipinski definition) is 5. The molecule has 1 amide bonds. The van der Waals surface area contributed by atoms with E-state index in [9.17, 15) is 14.9 Å². The van der Waals surface area contributed by atoms with Crippen molar-refractivity contribution >= 4 is 28.9 Å². The molecule has 20 heavy (non-hydrogen) atoms. The molecule has 0 aliphatic heterocycles. The fraction of sp³-hybridized carbons (Fsp3) is 0.333. The van der Waals surface area contributed by atoms with E-state index in [2.05, 4.69) is 10.6 Å². The standard InChI is InChI=1S/C12H15N3O4S/c1-8-9(4-3-5-10(8)15(17)18)11(16)14-12(20)13-6-7-19-2/h3-5H,6-7H2,1-2H3,(H2,13,14,16,20). The minimum atomic E-state index is -0.527. The van der Waals surface area contributed by atoms with Gasteiger partial charge in [-0.3, -0.25) is 20.2 Å². The number of amides is 1. The van der Waals surface area contributed by atoms with E-state index < -0.39 is 10.8 Å². The van der Waals surface area contributed by atoms with Gasteiger partial charge in [0.1, 0.15) is 0 Å². The highest BCUT2D eigenvalue weighted by Gasteiger charge is 2.18. The molecule has 0 aliphatic carbocycles. The van der Waals surface area contributed by atoms with E-state index in [1.54, 1.807) is 7.11 Å². The smallest absolute Gasteiger partial charge is 0.273 e. The van der Waals surface area contributed by atoms with Gasteiger partial charge in [-0.1, -0.05) is 6.07 Å². The number of rotatable bonds is 5. The first-order valence-electron chi connectivity index (χ1n) is 5.79. The van der Waals surface area contributed by atoms with Crippen LogP contribution in [0.15, 0.2) is 18.2 Å². The van der Waals surface area contributed by atoms with Crippen LogP contribution in [0.25, 0.3) is 0 Å². The molecule has 0 atom stereocenters. The van der Waals surface area contributed by atoms with Crippen molar-refractivity contribution in [1.82, 2.24) is 10.6 Å². The fourth-order valence-corrected chi connectivity index (χ4v) is 1.74. The molecular formula is C12H15N3O4S. The van der Waals surface area contributed by atoms with Crippen LogP contribution in [0.4, 0.5) is 5.69 Å². The molecule has 1 aromatic carbocycles. The van der Waals surface area contributed by atoms with Crippen LogP contribution in [-0.4, -0.2) is 36.2 Å². The highest BCUT2D eigenvalue weighted by molar-refractivity contribution is 7.80. The van der Waals surface area contributed by atoms with Gasteiger partial charge < -0.3 is 10.1 Å². The summed E-state index contributed by atoms with van der Waals surface area (Å²) in [5.74, 6) is -0.485. The number of benzene rings is 1. The fourth-order valence-electron chi connectivity index (χ4n) is 1.55. The SMILES string of the molecule is COCCNC(=S)NC(=O)c1cccc([N+](=O)[O-])c1C. The van der Waals surface area contributed by atoms with Crippen molar-refractivity contribution in [3.63, 3.8) is 0 Å². The zero-order chi connectivity index (χ0) is 15.1. The van der Waals surface area contributed by atoms with Crippen LogP contribution in [0.5, 0.6) is 0 Å². The van der Waals surface area contributed by atoms with Crippen LogP contribution in [0.3, 0.4) is 0 Å². The second kappa shape index (κ2) is 7.51. The molecule has 0 saturated carbocycles. The van der Waals surface area contributed by atoms with Gasteiger partial charge in [0, 0.05) is 30.8 Å². The van der Waals surface area contributed by atoms with Gasteiger partial charge in [-0.05, 0) is 25.2 Å². The van der Waals surface area contributed by atoms with Crippen molar-refractivity contribution in [2.24, 2.45) is 0 Å². The highest BCUT2D eigenvalue weighted by Crippen LogP contribution is 2.20. The molecule has 1 rings (SSSR count). The number of carbonyl (C=O) groups is 1. The van der Waals surface area contributed by atoms with Crippen LogP contribution < -0.4 is 10.6 Å². The molecular weight excluding hydrogens is 282 g/mol. The van der Waals surface area contributed by atoms with E-state index in [1.807, 2.05) is 0 Å². The quantitative estimate of drug-likeness (QED) is 0.366. The van der Waals surface area contributed by atoms with Gasteiger partial charge in [0.25, 0.3) is 11.6 Å². The lowest BCUT2D eigenvalue weighted by Crippen LogP contribution is -2.40. The second-order valence-electron chi connectivity index (χ2n) is 3.91. The van der Waals surface area contributed by atoms with Crippen LogP contribution >= 0.6 is 12.2 Å². The summed E-state index contributed by atoms with van der Waals surface area (Å²) in [6, 6.07) is 4.32. The molecule has 0 fully saturated rings. The summed E-state index contributed by atoms with van der Waals surface area (Å²) in [5, 5.41) is 16.2. The predicted octanol–water partition coefficient (Wildman–Crippen LogP) is 1.15. The molecule has 0 unspecified atom stereocenters. The maximum absolute atomic E-state index is 12.0. The third kappa shape index (κ3) is 4.25. The molecule has 0 bridgehead atoms. The molecule has 0 saturated heterocycles. The molecule has 7 nitrogen and oxygen atoms in total. The van der Waals surface area contributed by atoms with Gasteiger partial charge in [0.05, 0.1) is 11.5 Å². The Morgan fingerprint density at radius 3 is 2.80 bits per heavy atom. The largest absolute Gasteiger partial charge is 0.383 e. The normalized spacial score (nSPS) is 9.90. The Labute approximate surface area is 121 Å². The topological polar surface area (TPSA) is 93.5 Å². The van der Waals surface area contributed by atoms with Crippen molar-refractivity contribution in [2.75, 3.05) is 20.3 Å². The number of nitro benzene ring substituents is 1. The Kier molecular flexibility index (Phi) is 6.01. The Hall–Kier alpha value is -2.06. The molecule has 1 aromatic rings. The number of methoxy groups -OCH3 is 1. The number of nitrogens with one attached hydrogen (secondary N) is 2. The first kappa shape index (κ1) is 16.0. The number of nitrogens with zero attached hydrogens (tertiary/aromatic N) is 1. The molecule has 0 spiro atoms. The minimum absolute atomic E-state index is 0.101. The van der Waals surface area contributed by atoms with Crippen LogP contribution in [0.1, 0.15) is 15.9 Å². The van der Waals surface area contributed by atoms with Gasteiger partial charge in [0.15, 0.2) is 5.11 Å². The number of nitro groups is 1. The van der Waals surface area contributed by atoms with Gasteiger partial charge in [-0.25, -0.2) is 0 Å². The zero-order valence-corrected chi connectivity index (χ0v) is 12.0. The molecule has 0 radical (unpaired) electrons. The average molecular weight is 297 g/mol. The summed E-state index contributed by atoms with van der Waals surface area (Å²) >= 11 is 4.94. The molecule has 108 valence electrons. The number of ether oxygens (including phenoxy) is 1. The summed E-state index contributed by atoms with van der Waals surface area (Å²) in [5.41, 5.74) is 0.417. The molecule has 0 heterocycles. The van der Waals surface area contributed by atoms with Crippen LogP contribution in [0, 0.1) is 17.0 Å². The highest BCUT2D eigenvalue weighted by atomic mass is 32.1. The van der Waals surface area contributed by atoms with E-state index >= 15 is 0 Å². The monoisotopic (exact) mass is 297 g/mol. The minimum Gasteiger partial charge on any atom is -0.383 e. The van der Waals surface area contributed by atoms with Crippen LogP contribution in [-0.2, 0) is 4.74 Å². The van der Waals surface area contributed by atoms with E-state index in [1.165, 1.54) is 25.1 Å². The summed E-state index contributed by atoms with van der Waals surface area (Å²) in [4.78, 5) is 22.3. The van der Waals surface area contributed by atoms with Crippen molar-refractivity contribution in [3.05, 3.63) is 39.4 Å². The summed E-state index contributed by atoms with van der Waals surface area (Å²) in [6.07, 6.45) is 0. The summed E-state index contributed by atoms with van der Waals surface area (Å²) in [6.45, 7) is 2.43. The second-order valence-corrected chi connectivity index (χ2v) is 4.32. The third-order valence-electron chi connectivity index (χ3n) is 2.57. The van der Waals surface area contributed by atoms with E-state index in [0.717, 1.165) is 0 Å². The van der Waals surface area contributed by atoms with Gasteiger partial charge >= 0.3 is 0 Å². The number of thiocarbonyl (C=S) groups is 1. The van der Waals surface area contributed by atoms with E-state index in [-0.39, 0.29) is 16.4 Å². The summed E-state index contributed by atoms with van der Waals surface area (Å²) in [7, 11) is 1.55. The predicted molar refractivity (Wildman–Crippen MR) is 77.8 cm³/mol. The van der Waals surface area contributed by atoms with Gasteiger partial charge in [-0.15, -0.1) is 0 Å². The lowest BCUT2D eigenvalue weighted by molar-refractivity contribution is -0.385. The lowest BCUT2D eigenvalue weighted by Gasteiger charge is -2.10. The van der Waals surface area contributed by atoms with Gasteiger partial charge in [-0.2, -0.15) is 0 Å². The molecule has 8 heteroatoms. The molecule has 2 N–H and O–H groups in total. The Balaban J connectivity index is 2.75. The lowest BCUT2D eigenvalue weighted by atomic mass is 10.1. The molecule has 0 aliphatic rings. The van der Waals surface area contributed by atoms with Crippen molar-refractivity contribution in [2.45, 2.75) is 6.92 Å². The van der Waals surface area contributed by atoms with Crippen molar-refractivity contribution in [3.8, 4) is 0 Å². The summed E-state index contributed by atoms with van der Waals surface area (Å²) < 4.78 is 4.83. The first-order chi connectivity index (χ1) is 9.47. The van der Waals surface area contributed by atoms with Gasteiger partial charge in [0.2, 0.25) is 0 Å². The van der Waals surface area contributed by atoms with E-state index in [4.69, 9.17) is 17.0 Å². The average Bonchev–Trinajstić information content (AvgIpc) is 2.38. The first-order valence-corrected chi connectivity index (χ1v) is 6.20.